The maximum atomic E-state index is 12.5. The van der Waals surface area contributed by atoms with Crippen LogP contribution in [0.1, 0.15) is 49.4 Å². The maximum Gasteiger partial charge on any atom is 0.309 e. The van der Waals surface area contributed by atoms with Crippen LogP contribution in [0.5, 0.6) is 5.75 Å². The number of hydrogen-bond donors (Lipinski definition) is 0. The van der Waals surface area contributed by atoms with Gasteiger partial charge in [0.25, 0.3) is 5.91 Å². The second-order valence-electron chi connectivity index (χ2n) is 6.17. The van der Waals surface area contributed by atoms with Gasteiger partial charge in [0.1, 0.15) is 5.75 Å². The third-order valence-electron chi connectivity index (χ3n) is 4.42. The summed E-state index contributed by atoms with van der Waals surface area (Å²) in [4.78, 5) is 26.4. The molecule has 132 valence electrons. The van der Waals surface area contributed by atoms with E-state index in [1.165, 1.54) is 0 Å². The number of esters is 1. The van der Waals surface area contributed by atoms with Crippen LogP contribution in [0.15, 0.2) is 24.3 Å². The first-order chi connectivity index (χ1) is 11.7. The van der Waals surface area contributed by atoms with Gasteiger partial charge in [-0.2, -0.15) is 0 Å². The molecule has 1 aliphatic rings. The average Bonchev–Trinajstić information content (AvgIpc) is 2.64. The molecule has 5 nitrogen and oxygen atoms in total. The van der Waals surface area contributed by atoms with Crippen molar-refractivity contribution >= 4 is 11.9 Å². The summed E-state index contributed by atoms with van der Waals surface area (Å²) in [5, 5.41) is 0. The van der Waals surface area contributed by atoms with Crippen LogP contribution in [-0.4, -0.2) is 43.6 Å². The minimum atomic E-state index is -0.111. The predicted molar refractivity (Wildman–Crippen MR) is 92.1 cm³/mol. The molecule has 0 unspecified atom stereocenters. The number of carbonyl (C=O) groups excluding carboxylic acids is 2. The molecule has 1 aromatic carbocycles. The smallest absolute Gasteiger partial charge is 0.309 e. The highest BCUT2D eigenvalue weighted by Gasteiger charge is 2.28. The zero-order valence-corrected chi connectivity index (χ0v) is 14.6. The summed E-state index contributed by atoms with van der Waals surface area (Å²) >= 11 is 0. The molecule has 0 saturated carbocycles. The third kappa shape index (κ3) is 4.98. The standard InChI is InChI=1S/C19H27NO4/c1-3-4-5-13-24-19(22)15-9-11-20(12-10-15)18(21)16-7-6-8-17(14-16)23-2/h6-8,14-15H,3-5,9-13H2,1-2H3. The first-order valence-electron chi connectivity index (χ1n) is 8.75. The molecular weight excluding hydrogens is 306 g/mol. The number of likely N-dealkylation sites (tertiary alicyclic amines) is 1. The van der Waals surface area contributed by atoms with E-state index >= 15 is 0 Å². The fourth-order valence-electron chi connectivity index (χ4n) is 2.90. The molecule has 1 aromatic rings. The number of methoxy groups -OCH3 is 1. The van der Waals surface area contributed by atoms with E-state index < -0.39 is 0 Å². The number of amides is 1. The van der Waals surface area contributed by atoms with Crippen LogP contribution in [0, 0.1) is 5.92 Å². The number of ether oxygens (including phenoxy) is 2. The predicted octanol–water partition coefficient (Wildman–Crippen LogP) is 3.28. The Bertz CT molecular complexity index is 550. The molecule has 5 heteroatoms. The van der Waals surface area contributed by atoms with Crippen LogP contribution < -0.4 is 4.74 Å². The Hall–Kier alpha value is -2.04. The van der Waals surface area contributed by atoms with Crippen molar-refractivity contribution in [3.8, 4) is 5.75 Å². The van der Waals surface area contributed by atoms with E-state index in [0.29, 0.717) is 43.9 Å². The monoisotopic (exact) mass is 333 g/mol. The van der Waals surface area contributed by atoms with Gasteiger partial charge in [0.2, 0.25) is 0 Å². The fraction of sp³-hybridized carbons (Fsp3) is 0.579. The van der Waals surface area contributed by atoms with E-state index in [2.05, 4.69) is 6.92 Å². The van der Waals surface area contributed by atoms with E-state index in [0.717, 1.165) is 19.3 Å². The van der Waals surface area contributed by atoms with E-state index in [1.807, 2.05) is 12.1 Å². The molecule has 0 aromatic heterocycles. The van der Waals surface area contributed by atoms with Crippen molar-refractivity contribution < 1.29 is 19.1 Å². The number of unbranched alkanes of at least 4 members (excludes halogenated alkanes) is 2. The highest BCUT2D eigenvalue weighted by atomic mass is 16.5. The summed E-state index contributed by atoms with van der Waals surface area (Å²) in [7, 11) is 1.58. The van der Waals surface area contributed by atoms with Gasteiger partial charge in [0.05, 0.1) is 19.6 Å². The Morgan fingerprint density at radius 2 is 1.96 bits per heavy atom. The van der Waals surface area contributed by atoms with E-state index in [9.17, 15) is 9.59 Å². The minimum absolute atomic E-state index is 0.0105. The molecule has 1 amide bonds. The number of benzene rings is 1. The molecule has 0 radical (unpaired) electrons. The second kappa shape index (κ2) is 9.30. The largest absolute Gasteiger partial charge is 0.497 e. The summed E-state index contributed by atoms with van der Waals surface area (Å²) in [6.07, 6.45) is 4.46. The minimum Gasteiger partial charge on any atom is -0.497 e. The van der Waals surface area contributed by atoms with Crippen LogP contribution in [0.25, 0.3) is 0 Å². The highest BCUT2D eigenvalue weighted by molar-refractivity contribution is 5.94. The first kappa shape index (κ1) is 18.3. The Morgan fingerprint density at radius 1 is 1.21 bits per heavy atom. The molecule has 1 fully saturated rings. The summed E-state index contributed by atoms with van der Waals surface area (Å²) in [6.45, 7) is 3.81. The van der Waals surface area contributed by atoms with Crippen molar-refractivity contribution in [3.63, 3.8) is 0 Å². The van der Waals surface area contributed by atoms with Gasteiger partial charge in [-0.3, -0.25) is 9.59 Å². The molecule has 1 heterocycles. The Kier molecular flexibility index (Phi) is 7.09. The molecule has 2 rings (SSSR count). The first-order valence-corrected chi connectivity index (χ1v) is 8.75. The normalized spacial score (nSPS) is 15.2. The number of nitrogens with zero attached hydrogens (tertiary/aromatic N) is 1. The molecule has 0 N–H and O–H groups in total. The zero-order chi connectivity index (χ0) is 17.4. The van der Waals surface area contributed by atoms with E-state index in [1.54, 1.807) is 24.1 Å². The van der Waals surface area contributed by atoms with Crippen LogP contribution in [0.4, 0.5) is 0 Å². The van der Waals surface area contributed by atoms with Crippen molar-refractivity contribution in [2.75, 3.05) is 26.8 Å². The Labute approximate surface area is 143 Å². The Balaban J connectivity index is 1.81. The van der Waals surface area contributed by atoms with Crippen LogP contribution in [-0.2, 0) is 9.53 Å². The SMILES string of the molecule is CCCCCOC(=O)C1CCN(C(=O)c2cccc(OC)c2)CC1. The van der Waals surface area contributed by atoms with Crippen molar-refractivity contribution in [2.45, 2.75) is 39.0 Å². The number of carbonyl (C=O) groups is 2. The lowest BCUT2D eigenvalue weighted by Gasteiger charge is -2.31. The highest BCUT2D eigenvalue weighted by Crippen LogP contribution is 2.22. The summed E-state index contributed by atoms with van der Waals surface area (Å²) in [5.41, 5.74) is 0.620. The van der Waals surface area contributed by atoms with Crippen molar-refractivity contribution in [2.24, 2.45) is 5.92 Å². The molecule has 24 heavy (non-hydrogen) atoms. The van der Waals surface area contributed by atoms with Gasteiger partial charge in [0.15, 0.2) is 0 Å². The van der Waals surface area contributed by atoms with Gasteiger partial charge < -0.3 is 14.4 Å². The van der Waals surface area contributed by atoms with Gasteiger partial charge in [-0.15, -0.1) is 0 Å². The lowest BCUT2D eigenvalue weighted by molar-refractivity contribution is -0.150. The lowest BCUT2D eigenvalue weighted by atomic mass is 9.96. The number of piperidine rings is 1. The van der Waals surface area contributed by atoms with Gasteiger partial charge >= 0.3 is 5.97 Å². The van der Waals surface area contributed by atoms with Crippen molar-refractivity contribution in [1.82, 2.24) is 4.90 Å². The van der Waals surface area contributed by atoms with Gasteiger partial charge in [-0.25, -0.2) is 0 Å². The van der Waals surface area contributed by atoms with Crippen LogP contribution >= 0.6 is 0 Å². The molecule has 0 spiro atoms. The lowest BCUT2D eigenvalue weighted by Crippen LogP contribution is -2.40. The van der Waals surface area contributed by atoms with E-state index in [-0.39, 0.29) is 17.8 Å². The molecular formula is C19H27NO4. The summed E-state index contributed by atoms with van der Waals surface area (Å²) in [6, 6.07) is 7.17. The van der Waals surface area contributed by atoms with Gasteiger partial charge in [-0.05, 0) is 37.5 Å². The fourth-order valence-corrected chi connectivity index (χ4v) is 2.90. The quantitative estimate of drug-likeness (QED) is 0.567. The molecule has 0 atom stereocenters. The average molecular weight is 333 g/mol. The van der Waals surface area contributed by atoms with Gasteiger partial charge in [-0.1, -0.05) is 25.8 Å². The number of hydrogen-bond acceptors (Lipinski definition) is 4. The molecule has 0 bridgehead atoms. The van der Waals surface area contributed by atoms with E-state index in [4.69, 9.17) is 9.47 Å². The number of rotatable bonds is 7. The molecule has 1 aliphatic heterocycles. The van der Waals surface area contributed by atoms with Gasteiger partial charge in [0, 0.05) is 18.7 Å². The third-order valence-corrected chi connectivity index (χ3v) is 4.42. The molecule has 1 saturated heterocycles. The Morgan fingerprint density at radius 3 is 2.62 bits per heavy atom. The van der Waals surface area contributed by atoms with Crippen molar-refractivity contribution in [3.05, 3.63) is 29.8 Å². The summed E-state index contributed by atoms with van der Waals surface area (Å²) in [5.74, 6) is 0.468. The molecule has 0 aliphatic carbocycles. The zero-order valence-electron chi connectivity index (χ0n) is 14.6. The van der Waals surface area contributed by atoms with Crippen molar-refractivity contribution in [1.29, 1.82) is 0 Å². The topological polar surface area (TPSA) is 55.8 Å². The second-order valence-corrected chi connectivity index (χ2v) is 6.17. The van der Waals surface area contributed by atoms with Crippen LogP contribution in [0.3, 0.4) is 0 Å². The van der Waals surface area contributed by atoms with Crippen LogP contribution in [0.2, 0.25) is 0 Å². The maximum absolute atomic E-state index is 12.5. The summed E-state index contributed by atoms with van der Waals surface area (Å²) < 4.78 is 10.5.